The quantitative estimate of drug-likeness (QED) is 0.772. The maximum absolute atomic E-state index is 14.2. The highest BCUT2D eigenvalue weighted by molar-refractivity contribution is 5.68. The third kappa shape index (κ3) is 4.37. The summed E-state index contributed by atoms with van der Waals surface area (Å²) >= 11 is 0. The summed E-state index contributed by atoms with van der Waals surface area (Å²) in [5.74, 6) is -0.407. The van der Waals surface area contributed by atoms with Gasteiger partial charge in [-0.3, -0.25) is 4.90 Å². The van der Waals surface area contributed by atoms with Gasteiger partial charge in [0.15, 0.2) is 0 Å². The van der Waals surface area contributed by atoms with Crippen LogP contribution in [0.4, 0.5) is 9.18 Å². The Labute approximate surface area is 164 Å². The van der Waals surface area contributed by atoms with Crippen LogP contribution in [0.5, 0.6) is 5.75 Å². The van der Waals surface area contributed by atoms with Crippen LogP contribution >= 0.6 is 0 Å². The number of fused-ring (bicyclic) bond motifs is 1. The van der Waals surface area contributed by atoms with Gasteiger partial charge in [0.25, 0.3) is 0 Å². The van der Waals surface area contributed by atoms with E-state index in [0.29, 0.717) is 38.3 Å². The van der Waals surface area contributed by atoms with Gasteiger partial charge in [-0.15, -0.1) is 0 Å². The summed E-state index contributed by atoms with van der Waals surface area (Å²) in [5.41, 5.74) is 0.00783. The maximum atomic E-state index is 14.2. The highest BCUT2D eigenvalue weighted by Gasteiger charge is 2.37. The van der Waals surface area contributed by atoms with Crippen molar-refractivity contribution in [2.45, 2.75) is 38.5 Å². The lowest BCUT2D eigenvalue weighted by atomic mass is 10.0. The Balaban J connectivity index is 1.67. The van der Waals surface area contributed by atoms with Crippen molar-refractivity contribution in [1.29, 1.82) is 5.26 Å². The standard InChI is InChI=1S/C20H26FN3O4/c1-20(2,3)28-19(25)24-6-5-23-11-18(27-12-14(23)10-24)13-7-16(21)15(9-22)17(8-13)26-4/h7-8,14,18H,5-6,10-12H2,1-4H3/t14-,18+/m1/s1. The van der Waals surface area contributed by atoms with Crippen molar-refractivity contribution in [3.63, 3.8) is 0 Å². The predicted octanol–water partition coefficient (Wildman–Crippen LogP) is 2.70. The SMILES string of the molecule is COc1cc([C@@H]2CN3CCN(C(=O)OC(C)(C)C)C[C@@H]3CO2)cc(F)c1C#N. The number of carbonyl (C=O) groups is 1. The van der Waals surface area contributed by atoms with Crippen LogP contribution < -0.4 is 4.74 Å². The molecule has 2 saturated heterocycles. The number of methoxy groups -OCH3 is 1. The number of carbonyl (C=O) groups excluding carboxylic acids is 1. The first-order valence-corrected chi connectivity index (χ1v) is 9.33. The van der Waals surface area contributed by atoms with Crippen molar-refractivity contribution in [1.82, 2.24) is 9.80 Å². The average molecular weight is 391 g/mol. The fourth-order valence-corrected chi connectivity index (χ4v) is 3.54. The molecule has 0 bridgehead atoms. The molecule has 28 heavy (non-hydrogen) atoms. The highest BCUT2D eigenvalue weighted by atomic mass is 19.1. The molecule has 2 aliphatic heterocycles. The van der Waals surface area contributed by atoms with Gasteiger partial charge in [-0.2, -0.15) is 5.26 Å². The van der Waals surface area contributed by atoms with E-state index in [1.165, 1.54) is 13.2 Å². The number of hydrogen-bond donors (Lipinski definition) is 0. The molecule has 3 rings (SSSR count). The maximum Gasteiger partial charge on any atom is 0.410 e. The summed E-state index contributed by atoms with van der Waals surface area (Å²) in [4.78, 5) is 16.3. The summed E-state index contributed by atoms with van der Waals surface area (Å²) < 4.78 is 30.8. The summed E-state index contributed by atoms with van der Waals surface area (Å²) in [6.07, 6.45) is -0.631. The fraction of sp³-hybridized carbons (Fsp3) is 0.600. The van der Waals surface area contributed by atoms with E-state index in [-0.39, 0.29) is 29.6 Å². The lowest BCUT2D eigenvalue weighted by Crippen LogP contribution is -2.60. The van der Waals surface area contributed by atoms with Crippen molar-refractivity contribution in [2.75, 3.05) is 39.9 Å². The smallest absolute Gasteiger partial charge is 0.410 e. The van der Waals surface area contributed by atoms with E-state index >= 15 is 0 Å². The van der Waals surface area contributed by atoms with E-state index in [1.807, 2.05) is 26.8 Å². The molecule has 2 aliphatic rings. The van der Waals surface area contributed by atoms with Crippen molar-refractivity contribution in [3.8, 4) is 11.8 Å². The van der Waals surface area contributed by atoms with Gasteiger partial charge >= 0.3 is 6.09 Å². The van der Waals surface area contributed by atoms with Gasteiger partial charge in [0, 0.05) is 26.2 Å². The first-order chi connectivity index (χ1) is 13.2. The number of morpholine rings is 1. The number of amides is 1. The molecule has 0 aromatic heterocycles. The van der Waals surface area contributed by atoms with Gasteiger partial charge in [0.05, 0.1) is 25.9 Å². The summed E-state index contributed by atoms with van der Waals surface area (Å²) in [5, 5.41) is 9.07. The molecule has 0 saturated carbocycles. The largest absolute Gasteiger partial charge is 0.495 e. The van der Waals surface area contributed by atoms with E-state index in [0.717, 1.165) is 0 Å². The first kappa shape index (κ1) is 20.4. The second-order valence-corrected chi connectivity index (χ2v) is 8.09. The number of rotatable bonds is 2. The normalized spacial score (nSPS) is 22.9. The molecule has 1 aromatic carbocycles. The predicted molar refractivity (Wildman–Crippen MR) is 99.5 cm³/mol. The van der Waals surface area contributed by atoms with Crippen LogP contribution in [0.15, 0.2) is 12.1 Å². The number of ether oxygens (including phenoxy) is 3. The molecule has 8 heteroatoms. The molecule has 1 aromatic rings. The molecule has 7 nitrogen and oxygen atoms in total. The van der Waals surface area contributed by atoms with Gasteiger partial charge in [0.2, 0.25) is 0 Å². The minimum absolute atomic E-state index is 0.0719. The van der Waals surface area contributed by atoms with Crippen LogP contribution in [-0.4, -0.2) is 67.4 Å². The van der Waals surface area contributed by atoms with Crippen molar-refractivity contribution >= 4 is 6.09 Å². The summed E-state index contributed by atoms with van der Waals surface area (Å²) in [6.45, 7) is 8.35. The van der Waals surface area contributed by atoms with E-state index in [2.05, 4.69) is 4.90 Å². The third-order valence-electron chi connectivity index (χ3n) is 4.93. The number of hydrogen-bond acceptors (Lipinski definition) is 6. The molecule has 2 fully saturated rings. The Morgan fingerprint density at radius 2 is 2.07 bits per heavy atom. The van der Waals surface area contributed by atoms with Crippen LogP contribution in [0.25, 0.3) is 0 Å². The van der Waals surface area contributed by atoms with Gasteiger partial charge < -0.3 is 19.1 Å². The molecule has 0 spiro atoms. The molecule has 0 aliphatic carbocycles. The molecule has 0 unspecified atom stereocenters. The molecule has 2 heterocycles. The number of halogens is 1. The van der Waals surface area contributed by atoms with Crippen molar-refractivity contribution in [2.24, 2.45) is 0 Å². The molecule has 0 radical (unpaired) electrons. The van der Waals surface area contributed by atoms with Crippen molar-refractivity contribution in [3.05, 3.63) is 29.1 Å². The van der Waals surface area contributed by atoms with E-state index in [9.17, 15) is 9.18 Å². The number of benzene rings is 1. The Morgan fingerprint density at radius 3 is 2.71 bits per heavy atom. The van der Waals surface area contributed by atoms with E-state index < -0.39 is 11.4 Å². The zero-order chi connectivity index (χ0) is 20.5. The van der Waals surface area contributed by atoms with E-state index in [4.69, 9.17) is 19.5 Å². The zero-order valence-corrected chi connectivity index (χ0v) is 16.7. The van der Waals surface area contributed by atoms with Crippen LogP contribution in [0.3, 0.4) is 0 Å². The van der Waals surface area contributed by atoms with Gasteiger partial charge in [-0.1, -0.05) is 0 Å². The van der Waals surface area contributed by atoms with E-state index in [1.54, 1.807) is 11.0 Å². The third-order valence-corrected chi connectivity index (χ3v) is 4.93. The molecular weight excluding hydrogens is 365 g/mol. The minimum Gasteiger partial charge on any atom is -0.495 e. The molecule has 1 amide bonds. The molecule has 152 valence electrons. The van der Waals surface area contributed by atoms with Crippen LogP contribution in [0.2, 0.25) is 0 Å². The first-order valence-electron chi connectivity index (χ1n) is 9.33. The summed E-state index contributed by atoms with van der Waals surface area (Å²) in [6, 6.07) is 4.89. The molecule has 2 atom stereocenters. The Bertz CT molecular complexity index is 787. The zero-order valence-electron chi connectivity index (χ0n) is 16.7. The minimum atomic E-state index is -0.614. The topological polar surface area (TPSA) is 75.0 Å². The summed E-state index contributed by atoms with van der Waals surface area (Å²) in [7, 11) is 1.41. The number of nitrogens with zero attached hydrogens (tertiary/aromatic N) is 3. The second-order valence-electron chi connectivity index (χ2n) is 8.09. The van der Waals surface area contributed by atoms with Gasteiger partial charge in [-0.05, 0) is 38.5 Å². The lowest BCUT2D eigenvalue weighted by Gasteiger charge is -2.46. The van der Waals surface area contributed by atoms with Crippen LogP contribution in [0.1, 0.15) is 38.0 Å². The van der Waals surface area contributed by atoms with Crippen LogP contribution in [-0.2, 0) is 9.47 Å². The number of piperazine rings is 1. The Morgan fingerprint density at radius 1 is 1.32 bits per heavy atom. The monoisotopic (exact) mass is 391 g/mol. The van der Waals surface area contributed by atoms with Gasteiger partial charge in [-0.25, -0.2) is 9.18 Å². The van der Waals surface area contributed by atoms with Crippen LogP contribution in [0, 0.1) is 17.1 Å². The fourth-order valence-electron chi connectivity index (χ4n) is 3.54. The number of nitriles is 1. The molecule has 0 N–H and O–H groups in total. The van der Waals surface area contributed by atoms with Gasteiger partial charge in [0.1, 0.15) is 28.8 Å². The highest BCUT2D eigenvalue weighted by Crippen LogP contribution is 2.32. The Hall–Kier alpha value is -2.37. The second kappa shape index (κ2) is 7.94. The van der Waals surface area contributed by atoms with Crippen molar-refractivity contribution < 1.29 is 23.4 Å². The lowest BCUT2D eigenvalue weighted by molar-refractivity contribution is -0.0907. The molecular formula is C20H26FN3O4. The average Bonchev–Trinajstić information content (AvgIpc) is 2.65. The Kier molecular flexibility index (Phi) is 5.77.